The van der Waals surface area contributed by atoms with Crippen LogP contribution in [0.2, 0.25) is 0 Å². The summed E-state index contributed by atoms with van der Waals surface area (Å²) < 4.78 is 10.9. The predicted octanol–water partition coefficient (Wildman–Crippen LogP) is 1.44. The third kappa shape index (κ3) is 4.27. The lowest BCUT2D eigenvalue weighted by Crippen LogP contribution is -2.30. The summed E-state index contributed by atoms with van der Waals surface area (Å²) in [5, 5.41) is 10.5. The number of carbonyl (C=O) groups excluding carboxylic acids is 2. The molecular weight excluding hydrogens is 350 g/mol. The average Bonchev–Trinajstić information content (AvgIpc) is 2.82. The molecule has 0 unspecified atom stereocenters. The van der Waals surface area contributed by atoms with Gasteiger partial charge in [0.25, 0.3) is 5.91 Å². The molecule has 1 aromatic rings. The van der Waals surface area contributed by atoms with Crippen molar-refractivity contribution in [1.82, 2.24) is 4.90 Å². The highest BCUT2D eigenvalue weighted by Crippen LogP contribution is 2.35. The Bertz CT molecular complexity index is 702. The van der Waals surface area contributed by atoms with Crippen molar-refractivity contribution in [1.29, 1.82) is 0 Å². The first-order valence-electron chi connectivity index (χ1n) is 7.13. The smallest absolute Gasteiger partial charge is 0.266 e. The normalized spacial score (nSPS) is 15.9. The maximum atomic E-state index is 12.4. The Morgan fingerprint density at radius 1 is 1.38 bits per heavy atom. The van der Waals surface area contributed by atoms with Gasteiger partial charge >= 0.3 is 0 Å². The van der Waals surface area contributed by atoms with Crippen molar-refractivity contribution in [2.24, 2.45) is 0 Å². The van der Waals surface area contributed by atoms with Crippen molar-refractivity contribution in [3.8, 4) is 11.5 Å². The number of ether oxygens (including phenoxy) is 2. The highest BCUT2D eigenvalue weighted by Gasteiger charge is 2.31. The fourth-order valence-corrected chi connectivity index (χ4v) is 3.45. The van der Waals surface area contributed by atoms with Gasteiger partial charge in [-0.3, -0.25) is 9.69 Å². The van der Waals surface area contributed by atoms with Gasteiger partial charge < -0.3 is 19.4 Å². The number of carboxylic acid groups (broad SMARTS) is 1. The molecule has 0 saturated carbocycles. The van der Waals surface area contributed by atoms with Gasteiger partial charge in [0, 0.05) is 24.1 Å². The lowest BCUT2D eigenvalue weighted by Gasteiger charge is -2.14. The van der Waals surface area contributed by atoms with Gasteiger partial charge in [0.05, 0.1) is 19.1 Å². The molecule has 1 saturated heterocycles. The van der Waals surface area contributed by atoms with Gasteiger partial charge in [-0.25, -0.2) is 0 Å². The van der Waals surface area contributed by atoms with Gasteiger partial charge in [-0.1, -0.05) is 24.0 Å². The first kappa shape index (κ1) is 18.3. The van der Waals surface area contributed by atoms with Gasteiger partial charge in [0.2, 0.25) is 0 Å². The highest BCUT2D eigenvalue weighted by molar-refractivity contribution is 8.26. The molecule has 0 aliphatic carbocycles. The molecule has 8 heteroatoms. The maximum absolute atomic E-state index is 12.4. The van der Waals surface area contributed by atoms with Crippen LogP contribution in [0.4, 0.5) is 0 Å². The van der Waals surface area contributed by atoms with E-state index in [0.717, 1.165) is 5.56 Å². The van der Waals surface area contributed by atoms with Crippen LogP contribution in [-0.4, -0.2) is 41.9 Å². The number of amides is 1. The zero-order valence-electron chi connectivity index (χ0n) is 13.2. The number of methoxy groups -OCH3 is 2. The molecule has 1 fully saturated rings. The molecular formula is C16H16NO5S2-. The summed E-state index contributed by atoms with van der Waals surface area (Å²) >= 11 is 6.39. The number of thiocarbonyl (C=S) groups is 1. The molecule has 1 aliphatic rings. The Kier molecular flexibility index (Phi) is 6.22. The summed E-state index contributed by atoms with van der Waals surface area (Å²) in [5.74, 6) is -0.143. The lowest BCUT2D eigenvalue weighted by atomic mass is 10.1. The van der Waals surface area contributed by atoms with E-state index in [4.69, 9.17) is 21.7 Å². The van der Waals surface area contributed by atoms with E-state index in [2.05, 4.69) is 0 Å². The SMILES string of the molecule is COc1ccc(/C=C2\SC(=S)N(CCCC(=O)[O-])C2=O)c(OC)c1. The van der Waals surface area contributed by atoms with Crippen LogP contribution in [0.25, 0.3) is 6.08 Å². The number of hydrogen-bond acceptors (Lipinski definition) is 7. The van der Waals surface area contributed by atoms with E-state index in [1.165, 1.54) is 23.8 Å². The minimum atomic E-state index is -1.14. The molecule has 0 radical (unpaired) electrons. The number of nitrogens with zero attached hydrogens (tertiary/aromatic N) is 1. The van der Waals surface area contributed by atoms with Gasteiger partial charge in [0.15, 0.2) is 0 Å². The van der Waals surface area contributed by atoms with E-state index >= 15 is 0 Å². The quantitative estimate of drug-likeness (QED) is 0.534. The van der Waals surface area contributed by atoms with Crippen LogP contribution in [0, 0.1) is 0 Å². The molecule has 128 valence electrons. The highest BCUT2D eigenvalue weighted by atomic mass is 32.2. The van der Waals surface area contributed by atoms with Gasteiger partial charge in [0.1, 0.15) is 15.8 Å². The summed E-state index contributed by atoms with van der Waals surface area (Å²) in [5.41, 5.74) is 0.730. The lowest BCUT2D eigenvalue weighted by molar-refractivity contribution is -0.305. The maximum Gasteiger partial charge on any atom is 0.266 e. The molecule has 1 amide bonds. The molecule has 6 nitrogen and oxygen atoms in total. The second-order valence-corrected chi connectivity index (χ2v) is 6.59. The standard InChI is InChI=1S/C16H17NO5S2/c1-21-11-6-5-10(12(9-11)22-2)8-13-15(20)17(16(23)24-13)7-3-4-14(18)19/h5-6,8-9H,3-4,7H2,1-2H3,(H,18,19)/p-1/b13-8-. The Labute approximate surface area is 149 Å². The van der Waals surface area contributed by atoms with E-state index in [1.54, 1.807) is 31.4 Å². The number of carbonyl (C=O) groups is 2. The predicted molar refractivity (Wildman–Crippen MR) is 93.7 cm³/mol. The third-order valence-corrected chi connectivity index (χ3v) is 4.74. The first-order chi connectivity index (χ1) is 11.5. The number of thioether (sulfide) groups is 1. The van der Waals surface area contributed by atoms with E-state index in [-0.39, 0.29) is 18.9 Å². The topological polar surface area (TPSA) is 78.9 Å². The molecule has 0 atom stereocenters. The molecule has 24 heavy (non-hydrogen) atoms. The average molecular weight is 366 g/mol. The molecule has 0 aromatic heterocycles. The van der Waals surface area contributed by atoms with E-state index < -0.39 is 5.97 Å². The molecule has 2 rings (SSSR count). The largest absolute Gasteiger partial charge is 0.550 e. The van der Waals surface area contributed by atoms with E-state index in [9.17, 15) is 14.7 Å². The first-order valence-corrected chi connectivity index (χ1v) is 8.36. The molecule has 1 aromatic carbocycles. The van der Waals surface area contributed by atoms with Crippen LogP contribution < -0.4 is 14.6 Å². The summed E-state index contributed by atoms with van der Waals surface area (Å²) in [6, 6.07) is 5.29. The molecule has 0 N–H and O–H groups in total. The number of carboxylic acids is 1. The van der Waals surface area contributed by atoms with Gasteiger partial charge in [-0.15, -0.1) is 0 Å². The van der Waals surface area contributed by atoms with Crippen LogP contribution in [0.15, 0.2) is 23.1 Å². The zero-order valence-corrected chi connectivity index (χ0v) is 14.9. The fraction of sp³-hybridized carbons (Fsp3) is 0.312. The molecule has 1 aliphatic heterocycles. The number of rotatable bonds is 7. The second kappa shape index (κ2) is 8.16. The number of hydrogen-bond donors (Lipinski definition) is 0. The molecule has 0 bridgehead atoms. The Hall–Kier alpha value is -2.06. The van der Waals surface area contributed by atoms with Crippen LogP contribution in [0.5, 0.6) is 11.5 Å². The van der Waals surface area contributed by atoms with Crippen molar-refractivity contribution in [3.05, 3.63) is 28.7 Å². The minimum Gasteiger partial charge on any atom is -0.550 e. The summed E-state index contributed by atoms with van der Waals surface area (Å²) in [7, 11) is 3.10. The monoisotopic (exact) mass is 366 g/mol. The van der Waals surface area contributed by atoms with Crippen LogP contribution >= 0.6 is 24.0 Å². The number of benzene rings is 1. The minimum absolute atomic E-state index is 0.109. The Morgan fingerprint density at radius 2 is 2.12 bits per heavy atom. The third-order valence-electron chi connectivity index (χ3n) is 3.36. The molecule has 1 heterocycles. The summed E-state index contributed by atoms with van der Waals surface area (Å²) in [4.78, 5) is 24.8. The van der Waals surface area contributed by atoms with E-state index in [1.807, 2.05) is 0 Å². The zero-order chi connectivity index (χ0) is 17.7. The van der Waals surface area contributed by atoms with Gasteiger partial charge in [-0.05, 0) is 31.1 Å². The number of aliphatic carboxylic acids is 1. The van der Waals surface area contributed by atoms with Crippen molar-refractivity contribution in [2.45, 2.75) is 12.8 Å². The van der Waals surface area contributed by atoms with Crippen molar-refractivity contribution < 1.29 is 24.2 Å². The van der Waals surface area contributed by atoms with Crippen molar-refractivity contribution in [3.63, 3.8) is 0 Å². The second-order valence-electron chi connectivity index (χ2n) is 4.92. The van der Waals surface area contributed by atoms with Crippen LogP contribution in [-0.2, 0) is 9.59 Å². The molecule has 0 spiro atoms. The van der Waals surface area contributed by atoms with E-state index in [0.29, 0.717) is 27.1 Å². The van der Waals surface area contributed by atoms with Gasteiger partial charge in [-0.2, -0.15) is 0 Å². The van der Waals surface area contributed by atoms with Crippen LogP contribution in [0.1, 0.15) is 18.4 Å². The van der Waals surface area contributed by atoms with Crippen LogP contribution in [0.3, 0.4) is 0 Å². The van der Waals surface area contributed by atoms with Crippen molar-refractivity contribution >= 4 is 46.3 Å². The Morgan fingerprint density at radius 3 is 2.75 bits per heavy atom. The summed E-state index contributed by atoms with van der Waals surface area (Å²) in [6.45, 7) is 0.260. The summed E-state index contributed by atoms with van der Waals surface area (Å²) in [6.07, 6.45) is 1.90. The Balaban J connectivity index is 2.18. The fourth-order valence-electron chi connectivity index (χ4n) is 2.15. The van der Waals surface area contributed by atoms with Crippen molar-refractivity contribution in [2.75, 3.05) is 20.8 Å².